The average Bonchev–Trinajstić information content (AvgIpc) is 3.41. The summed E-state index contributed by atoms with van der Waals surface area (Å²) in [5.41, 5.74) is 1.72. The van der Waals surface area contributed by atoms with Gasteiger partial charge in [0.05, 0.1) is 23.6 Å². The molecule has 3 aromatic rings. The van der Waals surface area contributed by atoms with Gasteiger partial charge in [0.2, 0.25) is 11.7 Å². The largest absolute Gasteiger partial charge is 0.503 e. The molecule has 1 unspecified atom stereocenters. The number of ether oxygens (including phenoxy) is 1. The molecule has 2 heterocycles. The van der Waals surface area contributed by atoms with Crippen molar-refractivity contribution in [1.29, 1.82) is 0 Å². The molecule has 0 radical (unpaired) electrons. The molecule has 2 amide bonds. The minimum absolute atomic E-state index is 0.0218. The number of rotatable bonds is 6. The van der Waals surface area contributed by atoms with Gasteiger partial charge in [-0.3, -0.25) is 19.3 Å². The molecule has 0 bridgehead atoms. The number of thiophene rings is 1. The lowest BCUT2D eigenvalue weighted by Gasteiger charge is -2.27. The Hall–Kier alpha value is -3.91. The van der Waals surface area contributed by atoms with E-state index in [2.05, 4.69) is 5.32 Å². The summed E-state index contributed by atoms with van der Waals surface area (Å²) in [5.74, 6) is -1.23. The number of hydrogen-bond acceptors (Lipinski definition) is 6. The molecule has 2 N–H and O–H groups in total. The molecule has 7 nitrogen and oxygen atoms in total. The number of benzene rings is 2. The lowest BCUT2D eigenvalue weighted by atomic mass is 9.95. The van der Waals surface area contributed by atoms with E-state index >= 15 is 0 Å². The van der Waals surface area contributed by atoms with Gasteiger partial charge in [0.15, 0.2) is 5.76 Å². The van der Waals surface area contributed by atoms with Gasteiger partial charge in [-0.2, -0.15) is 0 Å². The molecule has 4 rings (SSSR count). The molecule has 0 fully saturated rings. The van der Waals surface area contributed by atoms with Crippen LogP contribution in [0.5, 0.6) is 5.75 Å². The Bertz CT molecular complexity index is 1200. The van der Waals surface area contributed by atoms with Crippen LogP contribution in [0, 0.1) is 0 Å². The van der Waals surface area contributed by atoms with Crippen LogP contribution in [0.4, 0.5) is 11.4 Å². The highest BCUT2D eigenvalue weighted by atomic mass is 32.1. The normalized spacial score (nSPS) is 15.8. The van der Waals surface area contributed by atoms with Gasteiger partial charge >= 0.3 is 0 Å². The summed E-state index contributed by atoms with van der Waals surface area (Å²) in [4.78, 5) is 39.5. The minimum atomic E-state index is -0.824. The third kappa shape index (κ3) is 3.88. The Morgan fingerprint density at radius 2 is 1.75 bits per heavy atom. The lowest BCUT2D eigenvalue weighted by molar-refractivity contribution is -0.117. The SMILES string of the molecule is COc1ccc(C2C(C(=O)c3cccs3)=C(O)C(=O)N2c2ccc(NC(C)=O)cc2)cc1. The maximum Gasteiger partial charge on any atom is 0.294 e. The zero-order valence-corrected chi connectivity index (χ0v) is 18.2. The first-order valence-corrected chi connectivity index (χ1v) is 10.6. The van der Waals surface area contributed by atoms with E-state index in [0.29, 0.717) is 27.6 Å². The predicted molar refractivity (Wildman–Crippen MR) is 122 cm³/mol. The lowest BCUT2D eigenvalue weighted by Crippen LogP contribution is -2.31. The van der Waals surface area contributed by atoms with E-state index in [-0.39, 0.29) is 11.5 Å². The van der Waals surface area contributed by atoms with E-state index in [1.54, 1.807) is 73.2 Å². The van der Waals surface area contributed by atoms with Crippen LogP contribution < -0.4 is 15.0 Å². The number of nitrogens with zero attached hydrogens (tertiary/aromatic N) is 1. The topological polar surface area (TPSA) is 95.9 Å². The van der Waals surface area contributed by atoms with Crippen LogP contribution in [0.15, 0.2) is 77.4 Å². The standard InChI is InChI=1S/C24H20N2O5S/c1-14(27)25-16-7-9-17(10-8-16)26-21(15-5-11-18(31-2)12-6-15)20(23(29)24(26)30)22(28)19-4-3-13-32-19/h3-13,21,29H,1-2H3,(H,25,27). The van der Waals surface area contributed by atoms with Gasteiger partial charge in [-0.15, -0.1) is 11.3 Å². The van der Waals surface area contributed by atoms with E-state index in [4.69, 9.17) is 4.74 Å². The van der Waals surface area contributed by atoms with Crippen molar-refractivity contribution in [3.63, 3.8) is 0 Å². The molecule has 1 aliphatic rings. The number of Topliss-reactive ketones (excluding diaryl/α,β-unsaturated/α-hetero) is 1. The second-order valence-electron chi connectivity index (χ2n) is 7.15. The number of amides is 2. The van der Waals surface area contributed by atoms with Crippen LogP contribution in [0.2, 0.25) is 0 Å². The van der Waals surface area contributed by atoms with Crippen LogP contribution >= 0.6 is 11.3 Å². The Balaban J connectivity index is 1.80. The second-order valence-corrected chi connectivity index (χ2v) is 8.10. The number of hydrogen-bond donors (Lipinski definition) is 2. The smallest absolute Gasteiger partial charge is 0.294 e. The van der Waals surface area contributed by atoms with Crippen molar-refractivity contribution in [1.82, 2.24) is 0 Å². The van der Waals surface area contributed by atoms with Crippen molar-refractivity contribution in [2.75, 3.05) is 17.3 Å². The number of aliphatic hydroxyl groups is 1. The number of anilines is 2. The quantitative estimate of drug-likeness (QED) is 0.542. The average molecular weight is 449 g/mol. The van der Waals surface area contributed by atoms with E-state index in [1.165, 1.54) is 23.2 Å². The van der Waals surface area contributed by atoms with Gasteiger partial charge in [0, 0.05) is 18.3 Å². The zero-order valence-electron chi connectivity index (χ0n) is 17.4. The Kier molecular flexibility index (Phi) is 5.79. The number of nitrogens with one attached hydrogen (secondary N) is 1. The van der Waals surface area contributed by atoms with Crippen LogP contribution in [-0.4, -0.2) is 29.8 Å². The van der Waals surface area contributed by atoms with Crippen molar-refractivity contribution in [3.8, 4) is 5.75 Å². The Morgan fingerprint density at radius 1 is 1.06 bits per heavy atom. The monoisotopic (exact) mass is 448 g/mol. The van der Waals surface area contributed by atoms with E-state index in [0.717, 1.165) is 0 Å². The molecule has 1 atom stereocenters. The number of ketones is 1. The second kappa shape index (κ2) is 8.68. The summed E-state index contributed by atoms with van der Waals surface area (Å²) in [7, 11) is 1.55. The molecule has 2 aromatic carbocycles. The molecular weight excluding hydrogens is 428 g/mol. The zero-order chi connectivity index (χ0) is 22.8. The van der Waals surface area contributed by atoms with Crippen molar-refractivity contribution in [2.45, 2.75) is 13.0 Å². The fourth-order valence-electron chi connectivity index (χ4n) is 3.65. The summed E-state index contributed by atoms with van der Waals surface area (Å²) in [6.07, 6.45) is 0. The predicted octanol–water partition coefficient (Wildman–Crippen LogP) is 4.50. The van der Waals surface area contributed by atoms with Crippen molar-refractivity contribution >= 4 is 40.3 Å². The van der Waals surface area contributed by atoms with Gasteiger partial charge < -0.3 is 15.2 Å². The number of carbonyl (C=O) groups excluding carboxylic acids is 3. The molecule has 1 aromatic heterocycles. The maximum absolute atomic E-state index is 13.3. The van der Waals surface area contributed by atoms with E-state index in [9.17, 15) is 19.5 Å². The highest BCUT2D eigenvalue weighted by Crippen LogP contribution is 2.42. The van der Waals surface area contributed by atoms with E-state index < -0.39 is 23.5 Å². The van der Waals surface area contributed by atoms with Crippen LogP contribution in [0.1, 0.15) is 28.2 Å². The van der Waals surface area contributed by atoms with E-state index in [1.807, 2.05) is 0 Å². The number of aliphatic hydroxyl groups excluding tert-OH is 1. The van der Waals surface area contributed by atoms with Crippen LogP contribution in [0.3, 0.4) is 0 Å². The van der Waals surface area contributed by atoms with Crippen molar-refractivity contribution in [3.05, 3.63) is 87.8 Å². The van der Waals surface area contributed by atoms with Gasteiger partial charge in [-0.1, -0.05) is 18.2 Å². The summed E-state index contributed by atoms with van der Waals surface area (Å²) in [5, 5.41) is 15.2. The first kappa shape index (κ1) is 21.3. The summed E-state index contributed by atoms with van der Waals surface area (Å²) in [6.45, 7) is 1.40. The van der Waals surface area contributed by atoms with Crippen LogP contribution in [0.25, 0.3) is 0 Å². The van der Waals surface area contributed by atoms with Gasteiger partial charge in [0.1, 0.15) is 5.75 Å². The molecule has 1 aliphatic heterocycles. The first-order chi connectivity index (χ1) is 15.4. The number of carbonyl (C=O) groups is 3. The molecular formula is C24H20N2O5S. The Labute approximate surface area is 188 Å². The highest BCUT2D eigenvalue weighted by molar-refractivity contribution is 7.12. The van der Waals surface area contributed by atoms with Crippen molar-refractivity contribution < 1.29 is 24.2 Å². The number of methoxy groups -OCH3 is 1. The first-order valence-electron chi connectivity index (χ1n) is 9.77. The highest BCUT2D eigenvalue weighted by Gasteiger charge is 2.44. The fraction of sp³-hybridized carbons (Fsp3) is 0.125. The maximum atomic E-state index is 13.3. The Morgan fingerprint density at radius 3 is 2.31 bits per heavy atom. The summed E-state index contributed by atoms with van der Waals surface area (Å²) >= 11 is 1.24. The fourth-order valence-corrected chi connectivity index (χ4v) is 4.33. The molecule has 8 heteroatoms. The van der Waals surface area contributed by atoms with Gasteiger partial charge in [-0.25, -0.2) is 0 Å². The minimum Gasteiger partial charge on any atom is -0.503 e. The summed E-state index contributed by atoms with van der Waals surface area (Å²) in [6, 6.07) is 16.2. The molecule has 32 heavy (non-hydrogen) atoms. The third-order valence-electron chi connectivity index (χ3n) is 5.10. The van der Waals surface area contributed by atoms with Gasteiger partial charge in [-0.05, 0) is 53.4 Å². The molecule has 0 saturated heterocycles. The van der Waals surface area contributed by atoms with Crippen LogP contribution in [-0.2, 0) is 9.59 Å². The molecule has 0 spiro atoms. The molecule has 162 valence electrons. The van der Waals surface area contributed by atoms with Gasteiger partial charge in [0.25, 0.3) is 5.91 Å². The summed E-state index contributed by atoms with van der Waals surface area (Å²) < 4.78 is 5.22. The third-order valence-corrected chi connectivity index (χ3v) is 5.96. The molecule has 0 aliphatic carbocycles. The molecule has 0 saturated carbocycles. The van der Waals surface area contributed by atoms with Crippen molar-refractivity contribution in [2.24, 2.45) is 0 Å².